The van der Waals surface area contributed by atoms with Crippen molar-refractivity contribution in [3.63, 3.8) is 0 Å². The number of aliphatic hydroxyl groups excluding tert-OH is 1. The number of aliphatic hydroxyl groups is 1. The van der Waals surface area contributed by atoms with E-state index in [1.807, 2.05) is 0 Å². The quantitative estimate of drug-likeness (QED) is 0.0222. The van der Waals surface area contributed by atoms with Crippen molar-refractivity contribution in [2.24, 2.45) is 5.92 Å². The number of ether oxygens (including phenoxy) is 4. The Morgan fingerprint density at radius 3 is 0.724 bits per heavy atom. The van der Waals surface area contributed by atoms with Crippen molar-refractivity contribution in [3.8, 4) is 0 Å². The first-order valence-electron chi connectivity index (χ1n) is 41.2. The van der Waals surface area contributed by atoms with Crippen LogP contribution < -0.4 is 0 Å². The van der Waals surface area contributed by atoms with E-state index in [1.165, 1.54) is 238 Å². The van der Waals surface area contributed by atoms with Gasteiger partial charge in [0.1, 0.15) is 19.3 Å². The zero-order valence-corrected chi connectivity index (χ0v) is 65.7. The van der Waals surface area contributed by atoms with Crippen molar-refractivity contribution in [1.82, 2.24) is 0 Å². The smallest absolute Gasteiger partial charge is 0.462 e. The molecular formula is C79H154O17P2. The van der Waals surface area contributed by atoms with Crippen molar-refractivity contribution < 1.29 is 80.2 Å². The van der Waals surface area contributed by atoms with Gasteiger partial charge in [0.2, 0.25) is 0 Å². The number of carbonyl (C=O) groups excluding carboxylic acids is 4. The molecule has 0 rings (SSSR count). The lowest BCUT2D eigenvalue weighted by Crippen LogP contribution is -2.30. The van der Waals surface area contributed by atoms with Crippen LogP contribution in [-0.2, 0) is 65.4 Å². The molecule has 0 saturated carbocycles. The Kier molecular flexibility index (Phi) is 70.6. The third kappa shape index (κ3) is 71.1. The average Bonchev–Trinajstić information content (AvgIpc) is 2.11. The molecule has 0 saturated heterocycles. The van der Waals surface area contributed by atoms with Gasteiger partial charge in [-0.05, 0) is 31.6 Å². The molecule has 0 aliphatic heterocycles. The van der Waals surface area contributed by atoms with Crippen LogP contribution in [0.15, 0.2) is 0 Å². The fourth-order valence-corrected chi connectivity index (χ4v) is 13.8. The molecular weight excluding hydrogens is 1280 g/mol. The number of rotatable bonds is 79. The standard InChI is InChI=1S/C79H154O17P2/c1-6-10-13-16-18-20-22-24-25-26-27-28-29-30-31-32-38-42-46-50-55-60-65-79(84)96-75(69-90-77(82)63-58-53-48-44-40-37-34-33-36-39-43-47-52-56-61-72(5)9-4)71-94-98(87,88)92-67-73(80)66-91-97(85,86)93-70-74(68-89-76(81)62-57-51-15-12-8-3)95-78(83)64-59-54-49-45-41-35-23-21-19-17-14-11-7-2/h72-75,80H,6-71H2,1-5H3,(H,85,86)(H,87,88)/t72?,73-,74+,75+/m0/s1. The van der Waals surface area contributed by atoms with Gasteiger partial charge in [-0.3, -0.25) is 37.3 Å². The highest BCUT2D eigenvalue weighted by atomic mass is 31.2. The molecule has 0 fully saturated rings. The Bertz CT molecular complexity index is 1880. The van der Waals surface area contributed by atoms with E-state index in [9.17, 15) is 43.2 Å². The van der Waals surface area contributed by atoms with Crippen LogP contribution in [0, 0.1) is 5.92 Å². The Morgan fingerprint density at radius 2 is 0.490 bits per heavy atom. The molecule has 0 aliphatic carbocycles. The summed E-state index contributed by atoms with van der Waals surface area (Å²) in [7, 11) is -9.90. The Balaban J connectivity index is 5.11. The molecule has 0 aromatic carbocycles. The van der Waals surface area contributed by atoms with Crippen LogP contribution in [0.3, 0.4) is 0 Å². The summed E-state index contributed by atoms with van der Waals surface area (Å²) in [5, 5.41) is 10.6. The molecule has 0 bridgehead atoms. The third-order valence-electron chi connectivity index (χ3n) is 18.9. The van der Waals surface area contributed by atoms with Crippen LogP contribution in [0.2, 0.25) is 0 Å². The van der Waals surface area contributed by atoms with Crippen LogP contribution in [0.5, 0.6) is 0 Å². The van der Waals surface area contributed by atoms with E-state index in [1.54, 1.807) is 0 Å². The number of hydrogen-bond acceptors (Lipinski definition) is 15. The normalized spacial score (nSPS) is 14.2. The molecule has 0 radical (unpaired) electrons. The maximum atomic E-state index is 13.1. The van der Waals surface area contributed by atoms with Crippen molar-refractivity contribution in [2.75, 3.05) is 39.6 Å². The van der Waals surface area contributed by atoms with Gasteiger partial charge in [-0.2, -0.15) is 0 Å². The Hall–Kier alpha value is -1.94. The molecule has 0 aromatic rings. The van der Waals surface area contributed by atoms with E-state index in [4.69, 9.17) is 37.0 Å². The number of unbranched alkanes of at least 4 members (excludes halogenated alkanes) is 50. The van der Waals surface area contributed by atoms with E-state index in [2.05, 4.69) is 34.6 Å². The highest BCUT2D eigenvalue weighted by Gasteiger charge is 2.30. The summed E-state index contributed by atoms with van der Waals surface area (Å²) < 4.78 is 68.4. The second kappa shape index (κ2) is 72.0. The predicted octanol–water partition coefficient (Wildman–Crippen LogP) is 23.6. The first-order valence-corrected chi connectivity index (χ1v) is 44.2. The largest absolute Gasteiger partial charge is 0.472 e. The highest BCUT2D eigenvalue weighted by Crippen LogP contribution is 2.45. The zero-order valence-electron chi connectivity index (χ0n) is 63.9. The summed E-state index contributed by atoms with van der Waals surface area (Å²) in [6, 6.07) is 0. The van der Waals surface area contributed by atoms with Gasteiger partial charge >= 0.3 is 39.5 Å². The van der Waals surface area contributed by atoms with Crippen LogP contribution in [-0.4, -0.2) is 96.7 Å². The lowest BCUT2D eigenvalue weighted by atomic mass is 9.99. The topological polar surface area (TPSA) is 237 Å². The highest BCUT2D eigenvalue weighted by molar-refractivity contribution is 7.47. The number of esters is 4. The number of phosphoric ester groups is 2. The lowest BCUT2D eigenvalue weighted by molar-refractivity contribution is -0.161. The fourth-order valence-electron chi connectivity index (χ4n) is 12.2. The van der Waals surface area contributed by atoms with Crippen molar-refractivity contribution >= 4 is 39.5 Å². The maximum Gasteiger partial charge on any atom is 0.472 e. The summed E-state index contributed by atoms with van der Waals surface area (Å²) in [5.74, 6) is -1.27. The van der Waals surface area contributed by atoms with Gasteiger partial charge in [0.25, 0.3) is 0 Å². The lowest BCUT2D eigenvalue weighted by Gasteiger charge is -2.21. The summed E-state index contributed by atoms with van der Waals surface area (Å²) in [4.78, 5) is 72.6. The monoisotopic (exact) mass is 1440 g/mol. The van der Waals surface area contributed by atoms with Gasteiger partial charge in [-0.25, -0.2) is 9.13 Å². The molecule has 19 heteroatoms. The van der Waals surface area contributed by atoms with Gasteiger partial charge in [0.15, 0.2) is 12.2 Å². The van der Waals surface area contributed by atoms with Gasteiger partial charge in [-0.15, -0.1) is 0 Å². The van der Waals surface area contributed by atoms with Crippen LogP contribution in [0.1, 0.15) is 420 Å². The summed E-state index contributed by atoms with van der Waals surface area (Å²) in [6.45, 7) is 7.28. The molecule has 3 unspecified atom stereocenters. The number of carbonyl (C=O) groups is 4. The van der Waals surface area contributed by atoms with E-state index >= 15 is 0 Å². The van der Waals surface area contributed by atoms with E-state index < -0.39 is 97.5 Å². The third-order valence-corrected chi connectivity index (χ3v) is 20.8. The molecule has 0 aliphatic rings. The van der Waals surface area contributed by atoms with E-state index in [0.29, 0.717) is 25.7 Å². The first-order chi connectivity index (χ1) is 47.6. The van der Waals surface area contributed by atoms with Crippen molar-refractivity contribution in [1.29, 1.82) is 0 Å². The zero-order chi connectivity index (χ0) is 71.9. The molecule has 0 heterocycles. The van der Waals surface area contributed by atoms with Crippen LogP contribution in [0.4, 0.5) is 0 Å². The fraction of sp³-hybridized carbons (Fsp3) is 0.949. The summed E-state index contributed by atoms with van der Waals surface area (Å²) in [5.41, 5.74) is 0. The van der Waals surface area contributed by atoms with Crippen molar-refractivity contribution in [3.05, 3.63) is 0 Å². The average molecular weight is 1440 g/mol. The number of phosphoric acid groups is 2. The second-order valence-corrected chi connectivity index (χ2v) is 31.6. The second-order valence-electron chi connectivity index (χ2n) is 28.7. The molecule has 0 spiro atoms. The minimum absolute atomic E-state index is 0.107. The molecule has 0 amide bonds. The first kappa shape index (κ1) is 96.1. The van der Waals surface area contributed by atoms with E-state index in [-0.39, 0.29) is 25.7 Å². The summed E-state index contributed by atoms with van der Waals surface area (Å²) in [6.07, 6.45) is 62.9. The molecule has 0 aromatic heterocycles. The minimum atomic E-state index is -4.96. The van der Waals surface area contributed by atoms with Gasteiger partial charge in [-0.1, -0.05) is 369 Å². The van der Waals surface area contributed by atoms with Crippen molar-refractivity contribution in [2.45, 2.75) is 438 Å². The van der Waals surface area contributed by atoms with Gasteiger partial charge in [0.05, 0.1) is 26.4 Å². The van der Waals surface area contributed by atoms with Gasteiger partial charge < -0.3 is 33.8 Å². The number of hydrogen-bond donors (Lipinski definition) is 3. The molecule has 17 nitrogen and oxygen atoms in total. The Morgan fingerprint density at radius 1 is 0.286 bits per heavy atom. The van der Waals surface area contributed by atoms with Crippen LogP contribution in [0.25, 0.3) is 0 Å². The molecule has 6 atom stereocenters. The minimum Gasteiger partial charge on any atom is -0.462 e. The predicted molar refractivity (Wildman–Crippen MR) is 400 cm³/mol. The Labute approximate surface area is 600 Å². The molecule has 3 N–H and O–H groups in total. The SMILES string of the molecule is CCCCCCCCCCCCCCCCCCCCCCCCC(=O)O[C@H](COC(=O)CCCCCCCCCCCCCCCCC(C)CC)COP(=O)(O)OC[C@@H](O)COP(=O)(O)OC[C@@H](COC(=O)CCCCCCC)OC(=O)CCCCCCCCCCCCCCC. The van der Waals surface area contributed by atoms with Crippen LogP contribution >= 0.6 is 15.6 Å². The summed E-state index contributed by atoms with van der Waals surface area (Å²) >= 11 is 0. The van der Waals surface area contributed by atoms with Gasteiger partial charge in [0, 0.05) is 25.7 Å². The molecule has 582 valence electrons. The maximum absolute atomic E-state index is 13.1. The molecule has 98 heavy (non-hydrogen) atoms. The van der Waals surface area contributed by atoms with E-state index in [0.717, 1.165) is 102 Å².